The second-order valence-electron chi connectivity index (χ2n) is 12.5. The highest BCUT2D eigenvalue weighted by atomic mass is 16.2. The van der Waals surface area contributed by atoms with E-state index in [-0.39, 0.29) is 29.7 Å². The SMILES string of the molecule is CC(C)(C)NC(=O)CN1C(=O)C(N(C(N)=O)c2cccc(C(C)(C)C)c2)CC(c2ccccc2)c2ccccc21. The Kier molecular flexibility index (Phi) is 8.05. The molecule has 2 atom stereocenters. The van der Waals surface area contributed by atoms with E-state index < -0.39 is 17.6 Å². The van der Waals surface area contributed by atoms with Gasteiger partial charge >= 0.3 is 6.03 Å². The minimum absolute atomic E-state index is 0.174. The van der Waals surface area contributed by atoms with Crippen molar-refractivity contribution < 1.29 is 14.4 Å². The third kappa shape index (κ3) is 6.36. The zero-order valence-corrected chi connectivity index (χ0v) is 24.3. The number of carbonyl (C=O) groups is 3. The second-order valence-corrected chi connectivity index (χ2v) is 12.5. The number of nitrogens with two attached hydrogens (primary N) is 1. The molecule has 1 aliphatic rings. The quantitative estimate of drug-likeness (QED) is 0.433. The van der Waals surface area contributed by atoms with E-state index in [0.29, 0.717) is 17.8 Å². The number of para-hydroxylation sites is 1. The maximum atomic E-state index is 14.5. The van der Waals surface area contributed by atoms with E-state index in [9.17, 15) is 14.4 Å². The van der Waals surface area contributed by atoms with Crippen molar-refractivity contribution >= 4 is 29.2 Å². The Morgan fingerprint density at radius 1 is 0.925 bits per heavy atom. The van der Waals surface area contributed by atoms with Gasteiger partial charge < -0.3 is 16.0 Å². The van der Waals surface area contributed by atoms with Crippen LogP contribution in [0.5, 0.6) is 0 Å². The monoisotopic (exact) mass is 540 g/mol. The van der Waals surface area contributed by atoms with Crippen molar-refractivity contribution in [3.63, 3.8) is 0 Å². The molecule has 0 spiro atoms. The number of carbonyl (C=O) groups excluding carboxylic acids is 3. The number of urea groups is 1. The number of fused-ring (bicyclic) bond motifs is 1. The molecule has 0 aliphatic carbocycles. The number of nitrogens with zero attached hydrogens (tertiary/aromatic N) is 2. The van der Waals surface area contributed by atoms with Gasteiger partial charge in [-0.1, -0.05) is 81.4 Å². The summed E-state index contributed by atoms with van der Waals surface area (Å²) in [5.41, 5.74) is 9.54. The van der Waals surface area contributed by atoms with E-state index in [1.54, 1.807) is 6.07 Å². The molecule has 3 aromatic rings. The molecule has 1 aliphatic heterocycles. The molecule has 3 N–H and O–H groups in total. The van der Waals surface area contributed by atoms with Gasteiger partial charge in [-0.15, -0.1) is 0 Å². The number of hydrogen-bond acceptors (Lipinski definition) is 3. The van der Waals surface area contributed by atoms with Gasteiger partial charge in [0.05, 0.1) is 0 Å². The number of hydrogen-bond donors (Lipinski definition) is 2. The van der Waals surface area contributed by atoms with E-state index >= 15 is 0 Å². The standard InChI is InChI=1S/C33H40N4O3/c1-32(2,3)23-15-12-16-24(19-23)37(31(34)40)28-20-26(22-13-8-7-9-14-22)25-17-10-11-18-27(25)36(30(28)39)21-29(38)35-33(4,5)6/h7-19,26,28H,20-21H2,1-6H3,(H2,34,40)(H,35,38). The van der Waals surface area contributed by atoms with E-state index in [1.807, 2.05) is 93.6 Å². The smallest absolute Gasteiger partial charge is 0.320 e. The number of amides is 4. The van der Waals surface area contributed by atoms with Crippen molar-refractivity contribution in [1.29, 1.82) is 0 Å². The van der Waals surface area contributed by atoms with Crippen molar-refractivity contribution in [3.05, 3.63) is 95.6 Å². The van der Waals surface area contributed by atoms with Crippen LogP contribution in [0, 0.1) is 0 Å². The highest BCUT2D eigenvalue weighted by molar-refractivity contribution is 6.08. The van der Waals surface area contributed by atoms with Crippen molar-refractivity contribution in [3.8, 4) is 0 Å². The Labute approximate surface area is 237 Å². The lowest BCUT2D eigenvalue weighted by Gasteiger charge is -2.33. The summed E-state index contributed by atoms with van der Waals surface area (Å²) in [7, 11) is 0. The van der Waals surface area contributed by atoms with Crippen molar-refractivity contribution in [2.75, 3.05) is 16.3 Å². The van der Waals surface area contributed by atoms with Crippen LogP contribution >= 0.6 is 0 Å². The molecular formula is C33H40N4O3. The fourth-order valence-corrected chi connectivity index (χ4v) is 5.34. The van der Waals surface area contributed by atoms with Gasteiger partial charge in [0.25, 0.3) is 5.91 Å². The zero-order chi connectivity index (χ0) is 29.2. The molecule has 0 saturated heterocycles. The van der Waals surface area contributed by atoms with Gasteiger partial charge in [-0.2, -0.15) is 0 Å². The van der Waals surface area contributed by atoms with Gasteiger partial charge in [0.15, 0.2) is 0 Å². The fourth-order valence-electron chi connectivity index (χ4n) is 5.34. The average Bonchev–Trinajstić information content (AvgIpc) is 2.99. The Morgan fingerprint density at radius 2 is 1.57 bits per heavy atom. The number of rotatable bonds is 5. The summed E-state index contributed by atoms with van der Waals surface area (Å²) >= 11 is 0. The highest BCUT2D eigenvalue weighted by Crippen LogP contribution is 2.41. The van der Waals surface area contributed by atoms with E-state index in [0.717, 1.165) is 16.7 Å². The summed E-state index contributed by atoms with van der Waals surface area (Å²) < 4.78 is 0. The number of benzene rings is 3. The topological polar surface area (TPSA) is 95.7 Å². The van der Waals surface area contributed by atoms with Gasteiger partial charge in [0.2, 0.25) is 5.91 Å². The maximum absolute atomic E-state index is 14.5. The zero-order valence-electron chi connectivity index (χ0n) is 24.3. The lowest BCUT2D eigenvalue weighted by atomic mass is 9.85. The summed E-state index contributed by atoms with van der Waals surface area (Å²) in [5, 5.41) is 2.97. The molecular weight excluding hydrogens is 500 g/mol. The van der Waals surface area contributed by atoms with E-state index in [4.69, 9.17) is 5.73 Å². The predicted octanol–water partition coefficient (Wildman–Crippen LogP) is 5.72. The Bertz CT molecular complexity index is 1390. The van der Waals surface area contributed by atoms with Crippen LogP contribution in [0.2, 0.25) is 0 Å². The molecule has 0 saturated carbocycles. The van der Waals surface area contributed by atoms with Gasteiger partial charge in [0, 0.05) is 22.8 Å². The maximum Gasteiger partial charge on any atom is 0.320 e. The Morgan fingerprint density at radius 3 is 2.20 bits per heavy atom. The van der Waals surface area contributed by atoms with Crippen molar-refractivity contribution in [1.82, 2.24) is 5.32 Å². The minimum Gasteiger partial charge on any atom is -0.351 e. The van der Waals surface area contributed by atoms with Crippen molar-refractivity contribution in [2.45, 2.75) is 70.9 Å². The number of nitrogens with one attached hydrogen (secondary N) is 1. The van der Waals surface area contributed by atoms with Crippen LogP contribution in [0.15, 0.2) is 78.9 Å². The Balaban J connectivity index is 1.88. The van der Waals surface area contributed by atoms with Crippen LogP contribution in [0.4, 0.5) is 16.2 Å². The van der Waals surface area contributed by atoms with Crippen LogP contribution in [0.25, 0.3) is 0 Å². The van der Waals surface area contributed by atoms with Gasteiger partial charge in [0.1, 0.15) is 12.6 Å². The summed E-state index contributed by atoms with van der Waals surface area (Å²) in [6.45, 7) is 11.8. The molecule has 4 rings (SSSR count). The number of anilines is 2. The van der Waals surface area contributed by atoms with Gasteiger partial charge in [-0.25, -0.2) is 4.79 Å². The van der Waals surface area contributed by atoms with Crippen LogP contribution < -0.4 is 20.9 Å². The first-order valence-electron chi connectivity index (χ1n) is 13.7. The molecule has 40 heavy (non-hydrogen) atoms. The Hall–Kier alpha value is -4.13. The van der Waals surface area contributed by atoms with E-state index in [2.05, 4.69) is 26.1 Å². The molecule has 0 fully saturated rings. The molecule has 7 nitrogen and oxygen atoms in total. The fraction of sp³-hybridized carbons (Fsp3) is 0.364. The van der Waals surface area contributed by atoms with E-state index in [1.165, 1.54) is 9.80 Å². The highest BCUT2D eigenvalue weighted by Gasteiger charge is 2.41. The van der Waals surface area contributed by atoms with Crippen LogP contribution in [0.1, 0.15) is 70.6 Å². The van der Waals surface area contributed by atoms with Crippen LogP contribution in [-0.4, -0.2) is 36.0 Å². The summed E-state index contributed by atoms with van der Waals surface area (Å²) in [6.07, 6.45) is 0.305. The summed E-state index contributed by atoms with van der Waals surface area (Å²) in [6, 6.07) is 23.5. The first-order chi connectivity index (χ1) is 18.8. The molecule has 0 bridgehead atoms. The molecule has 0 aromatic heterocycles. The third-order valence-corrected chi connectivity index (χ3v) is 7.17. The van der Waals surface area contributed by atoms with Crippen LogP contribution in [0.3, 0.4) is 0 Å². The molecule has 4 amide bonds. The third-order valence-electron chi connectivity index (χ3n) is 7.17. The van der Waals surface area contributed by atoms with Gasteiger partial charge in [-0.3, -0.25) is 14.5 Å². The molecule has 0 radical (unpaired) electrons. The first kappa shape index (κ1) is 28.9. The van der Waals surface area contributed by atoms with Crippen LogP contribution in [-0.2, 0) is 15.0 Å². The molecule has 7 heteroatoms. The molecule has 1 heterocycles. The average molecular weight is 541 g/mol. The molecule has 3 aromatic carbocycles. The predicted molar refractivity (Wildman–Crippen MR) is 161 cm³/mol. The lowest BCUT2D eigenvalue weighted by molar-refractivity contribution is -0.125. The van der Waals surface area contributed by atoms with Crippen molar-refractivity contribution in [2.24, 2.45) is 5.73 Å². The molecule has 210 valence electrons. The minimum atomic E-state index is -0.937. The first-order valence-corrected chi connectivity index (χ1v) is 13.7. The summed E-state index contributed by atoms with van der Waals surface area (Å²) in [4.78, 5) is 43.7. The second kappa shape index (κ2) is 11.2. The normalized spacial score (nSPS) is 17.6. The lowest BCUT2D eigenvalue weighted by Crippen LogP contribution is -2.55. The molecule has 2 unspecified atom stereocenters. The summed E-state index contributed by atoms with van der Waals surface area (Å²) in [5.74, 6) is -0.850. The number of primary amides is 1. The van der Waals surface area contributed by atoms with Gasteiger partial charge in [-0.05, 0) is 67.5 Å². The largest absolute Gasteiger partial charge is 0.351 e.